The van der Waals surface area contributed by atoms with Gasteiger partial charge in [0.05, 0.1) is 17.8 Å². The summed E-state index contributed by atoms with van der Waals surface area (Å²) in [5.74, 6) is -0.0108. The van der Waals surface area contributed by atoms with Crippen molar-refractivity contribution in [2.24, 2.45) is 0 Å². The van der Waals surface area contributed by atoms with Crippen molar-refractivity contribution in [1.29, 1.82) is 0 Å². The van der Waals surface area contributed by atoms with E-state index in [1.165, 1.54) is 19.3 Å². The molecule has 2 aromatic heterocycles. The highest BCUT2D eigenvalue weighted by molar-refractivity contribution is 6.00. The van der Waals surface area contributed by atoms with E-state index < -0.39 is 0 Å². The molecule has 2 aliphatic carbocycles. The minimum Gasteiger partial charge on any atom is -0.375 e. The molecule has 25 heavy (non-hydrogen) atoms. The lowest BCUT2D eigenvalue weighted by atomic mass is 9.91. The van der Waals surface area contributed by atoms with Gasteiger partial charge in [-0.2, -0.15) is 0 Å². The SMILES string of the molecule is Cc1cc(C)n2ccc(C(=O)N[C@H]3CC[C@H](OC4CCC4)CC3)c2n1. The van der Waals surface area contributed by atoms with Crippen molar-refractivity contribution < 1.29 is 9.53 Å². The fourth-order valence-electron chi connectivity index (χ4n) is 3.96. The standard InChI is InChI=1S/C20H27N3O2/c1-13-12-14(2)23-11-10-18(19(23)21-13)20(24)22-15-6-8-17(9-7-15)25-16-4-3-5-16/h10-12,15-17H,3-9H2,1-2H3,(H,22,24)/t15-,17-. The van der Waals surface area contributed by atoms with Crippen LogP contribution in [-0.4, -0.2) is 33.5 Å². The highest BCUT2D eigenvalue weighted by Crippen LogP contribution is 2.29. The summed E-state index contributed by atoms with van der Waals surface area (Å²) in [6.45, 7) is 4.00. The number of aromatic nitrogens is 2. The normalized spacial score (nSPS) is 24.2. The number of amides is 1. The minimum atomic E-state index is -0.0108. The Labute approximate surface area is 148 Å². The lowest BCUT2D eigenvalue weighted by molar-refractivity contribution is -0.0669. The molecule has 0 unspecified atom stereocenters. The minimum absolute atomic E-state index is 0.0108. The Morgan fingerprint density at radius 2 is 1.88 bits per heavy atom. The molecule has 134 valence electrons. The van der Waals surface area contributed by atoms with E-state index in [1.807, 2.05) is 36.6 Å². The molecule has 0 aliphatic heterocycles. The third-order valence-corrected chi connectivity index (χ3v) is 5.63. The summed E-state index contributed by atoms with van der Waals surface area (Å²) in [6.07, 6.45) is 10.7. The van der Waals surface area contributed by atoms with Crippen LogP contribution in [0.15, 0.2) is 18.3 Å². The fraction of sp³-hybridized carbons (Fsp3) is 0.600. The number of carbonyl (C=O) groups excluding carboxylic acids is 1. The second-order valence-corrected chi connectivity index (χ2v) is 7.60. The van der Waals surface area contributed by atoms with Crippen LogP contribution in [0.3, 0.4) is 0 Å². The van der Waals surface area contributed by atoms with Gasteiger partial charge in [0, 0.05) is 23.6 Å². The third-order valence-electron chi connectivity index (χ3n) is 5.63. The van der Waals surface area contributed by atoms with Crippen LogP contribution >= 0.6 is 0 Å². The lowest BCUT2D eigenvalue weighted by Gasteiger charge is -2.34. The first-order valence-electron chi connectivity index (χ1n) is 9.52. The second-order valence-electron chi connectivity index (χ2n) is 7.60. The van der Waals surface area contributed by atoms with E-state index in [0.29, 0.717) is 17.8 Å². The van der Waals surface area contributed by atoms with E-state index in [4.69, 9.17) is 4.74 Å². The molecular weight excluding hydrogens is 314 g/mol. The van der Waals surface area contributed by atoms with Gasteiger partial charge >= 0.3 is 0 Å². The van der Waals surface area contributed by atoms with Crippen molar-refractivity contribution >= 4 is 11.6 Å². The summed E-state index contributed by atoms with van der Waals surface area (Å²) in [7, 11) is 0. The van der Waals surface area contributed by atoms with Crippen LogP contribution in [0.5, 0.6) is 0 Å². The first-order valence-corrected chi connectivity index (χ1v) is 9.52. The number of carbonyl (C=O) groups is 1. The van der Waals surface area contributed by atoms with E-state index in [1.54, 1.807) is 0 Å². The molecule has 2 aliphatic rings. The molecule has 0 aromatic carbocycles. The maximum Gasteiger partial charge on any atom is 0.255 e. The van der Waals surface area contributed by atoms with Crippen molar-refractivity contribution in [2.75, 3.05) is 0 Å². The van der Waals surface area contributed by atoms with Gasteiger partial charge < -0.3 is 14.5 Å². The van der Waals surface area contributed by atoms with Gasteiger partial charge in [-0.15, -0.1) is 0 Å². The first kappa shape index (κ1) is 16.6. The molecule has 1 N–H and O–H groups in total. The molecule has 2 heterocycles. The maximum atomic E-state index is 12.7. The lowest BCUT2D eigenvalue weighted by Crippen LogP contribution is -2.40. The predicted molar refractivity (Wildman–Crippen MR) is 96.9 cm³/mol. The molecule has 2 fully saturated rings. The van der Waals surface area contributed by atoms with Crippen molar-refractivity contribution in [3.05, 3.63) is 35.3 Å². The Morgan fingerprint density at radius 1 is 1.16 bits per heavy atom. The van der Waals surface area contributed by atoms with Crippen LogP contribution in [0.25, 0.3) is 5.65 Å². The summed E-state index contributed by atoms with van der Waals surface area (Å²) >= 11 is 0. The smallest absolute Gasteiger partial charge is 0.255 e. The van der Waals surface area contributed by atoms with Crippen LogP contribution in [0.4, 0.5) is 0 Å². The number of nitrogens with one attached hydrogen (secondary N) is 1. The summed E-state index contributed by atoms with van der Waals surface area (Å²) in [5.41, 5.74) is 3.44. The largest absolute Gasteiger partial charge is 0.375 e. The van der Waals surface area contributed by atoms with Gasteiger partial charge in [-0.3, -0.25) is 4.79 Å². The van der Waals surface area contributed by atoms with Crippen LogP contribution in [-0.2, 0) is 4.74 Å². The van der Waals surface area contributed by atoms with Crippen LogP contribution in [0.2, 0.25) is 0 Å². The predicted octanol–water partition coefficient (Wildman–Crippen LogP) is 3.56. The maximum absolute atomic E-state index is 12.7. The van der Waals surface area contributed by atoms with Gasteiger partial charge in [-0.1, -0.05) is 0 Å². The molecule has 0 bridgehead atoms. The van der Waals surface area contributed by atoms with E-state index in [0.717, 1.165) is 42.7 Å². The Morgan fingerprint density at radius 3 is 2.56 bits per heavy atom. The Bertz CT molecular complexity index is 771. The summed E-state index contributed by atoms with van der Waals surface area (Å²) in [5, 5.41) is 3.21. The van der Waals surface area contributed by atoms with Crippen LogP contribution in [0.1, 0.15) is 66.7 Å². The van der Waals surface area contributed by atoms with E-state index >= 15 is 0 Å². The van der Waals surface area contributed by atoms with Crippen molar-refractivity contribution in [2.45, 2.75) is 77.0 Å². The van der Waals surface area contributed by atoms with Gasteiger partial charge in [-0.05, 0) is 70.9 Å². The molecule has 0 radical (unpaired) electrons. The molecular formula is C20H27N3O2. The van der Waals surface area contributed by atoms with Crippen molar-refractivity contribution in [3.63, 3.8) is 0 Å². The molecule has 5 nitrogen and oxygen atoms in total. The molecule has 0 spiro atoms. The summed E-state index contributed by atoms with van der Waals surface area (Å²) in [4.78, 5) is 17.3. The number of fused-ring (bicyclic) bond motifs is 1. The zero-order valence-corrected chi connectivity index (χ0v) is 15.1. The number of ether oxygens (including phenoxy) is 1. The zero-order valence-electron chi connectivity index (χ0n) is 15.1. The Balaban J connectivity index is 1.38. The summed E-state index contributed by atoms with van der Waals surface area (Å²) < 4.78 is 8.09. The van der Waals surface area contributed by atoms with Gasteiger partial charge in [0.25, 0.3) is 5.91 Å². The Kier molecular flexibility index (Phi) is 4.50. The number of nitrogens with zero attached hydrogens (tertiary/aromatic N) is 2. The molecule has 2 saturated carbocycles. The van der Waals surface area contributed by atoms with Crippen LogP contribution < -0.4 is 5.32 Å². The number of hydrogen-bond donors (Lipinski definition) is 1. The molecule has 2 aromatic rings. The zero-order chi connectivity index (χ0) is 17.4. The topological polar surface area (TPSA) is 55.6 Å². The molecule has 0 saturated heterocycles. The number of rotatable bonds is 4. The molecule has 4 rings (SSSR count). The van der Waals surface area contributed by atoms with Gasteiger partial charge in [0.2, 0.25) is 0 Å². The number of aryl methyl sites for hydroxylation is 2. The molecule has 1 amide bonds. The summed E-state index contributed by atoms with van der Waals surface area (Å²) in [6, 6.07) is 4.14. The number of hydrogen-bond acceptors (Lipinski definition) is 3. The van der Waals surface area contributed by atoms with Crippen LogP contribution in [0, 0.1) is 13.8 Å². The second kappa shape index (κ2) is 6.79. The van der Waals surface area contributed by atoms with Gasteiger partial charge in [0.15, 0.2) is 0 Å². The monoisotopic (exact) mass is 341 g/mol. The van der Waals surface area contributed by atoms with Crippen molar-refractivity contribution in [1.82, 2.24) is 14.7 Å². The first-order chi connectivity index (χ1) is 12.1. The van der Waals surface area contributed by atoms with Gasteiger partial charge in [0.1, 0.15) is 5.65 Å². The highest BCUT2D eigenvalue weighted by atomic mass is 16.5. The van der Waals surface area contributed by atoms with E-state index in [-0.39, 0.29) is 11.9 Å². The quantitative estimate of drug-likeness (QED) is 0.925. The van der Waals surface area contributed by atoms with Crippen molar-refractivity contribution in [3.8, 4) is 0 Å². The highest BCUT2D eigenvalue weighted by Gasteiger charge is 2.28. The average molecular weight is 341 g/mol. The Hall–Kier alpha value is -1.88. The third kappa shape index (κ3) is 3.43. The van der Waals surface area contributed by atoms with Gasteiger partial charge in [-0.25, -0.2) is 4.98 Å². The fourth-order valence-corrected chi connectivity index (χ4v) is 3.96. The molecule has 5 heteroatoms. The average Bonchev–Trinajstić information content (AvgIpc) is 2.96. The van der Waals surface area contributed by atoms with E-state index in [2.05, 4.69) is 10.3 Å². The van der Waals surface area contributed by atoms with E-state index in [9.17, 15) is 4.79 Å². The molecule has 0 atom stereocenters.